The van der Waals surface area contributed by atoms with Gasteiger partial charge in [-0.15, -0.1) is 0 Å². The van der Waals surface area contributed by atoms with Crippen molar-refractivity contribution < 1.29 is 19.1 Å². The second-order valence-electron chi connectivity index (χ2n) is 8.70. The molecule has 0 aromatic heterocycles. The Morgan fingerprint density at radius 1 is 1.13 bits per heavy atom. The summed E-state index contributed by atoms with van der Waals surface area (Å²) in [7, 11) is 0. The number of piperidine rings is 1. The van der Waals surface area contributed by atoms with Gasteiger partial charge in [0, 0.05) is 36.9 Å². The molecule has 30 heavy (non-hydrogen) atoms. The summed E-state index contributed by atoms with van der Waals surface area (Å²) < 4.78 is 11.9. The number of fused-ring (bicyclic) bond motifs is 1. The number of nitrogens with zero attached hydrogens (tertiary/aromatic N) is 2. The van der Waals surface area contributed by atoms with Crippen molar-refractivity contribution in [1.82, 2.24) is 15.1 Å². The van der Waals surface area contributed by atoms with E-state index in [0.717, 1.165) is 56.2 Å². The third-order valence-electron chi connectivity index (χ3n) is 6.83. The van der Waals surface area contributed by atoms with Crippen LogP contribution in [0.3, 0.4) is 0 Å². The van der Waals surface area contributed by atoms with E-state index in [1.54, 1.807) is 4.90 Å². The van der Waals surface area contributed by atoms with Gasteiger partial charge in [0.15, 0.2) is 0 Å². The van der Waals surface area contributed by atoms with Gasteiger partial charge in [-0.05, 0) is 55.9 Å². The number of morpholine rings is 1. The van der Waals surface area contributed by atoms with Crippen LogP contribution in [-0.2, 0) is 16.1 Å². The highest BCUT2D eigenvalue weighted by Crippen LogP contribution is 2.33. The number of hydrogen-bond acceptors (Lipinski definition) is 5. The summed E-state index contributed by atoms with van der Waals surface area (Å²) in [6, 6.07) is 5.74. The highest BCUT2D eigenvalue weighted by atomic mass is 16.5. The lowest BCUT2D eigenvalue weighted by atomic mass is 10.0. The standard InChI is InChI=1S/C23H29N3O4/c1-15-5-8-20(22(27)24-15)26-14-16-13-17(6-7-18(16)23(26)28)30-21-4-2-3-19(21)25-9-11-29-12-10-25/h6-7,13,19-21H,1-5,8-12,14H2,(H,24,27)/t19-,20?,21+/m1/s1. The molecule has 1 unspecified atom stereocenters. The van der Waals surface area contributed by atoms with Gasteiger partial charge in [-0.25, -0.2) is 0 Å². The second kappa shape index (κ2) is 8.04. The number of rotatable bonds is 4. The minimum atomic E-state index is -0.430. The molecule has 3 heterocycles. The monoisotopic (exact) mass is 411 g/mol. The molecule has 7 heteroatoms. The fraction of sp³-hybridized carbons (Fsp3) is 0.565. The molecule has 0 bridgehead atoms. The van der Waals surface area contributed by atoms with E-state index in [4.69, 9.17) is 9.47 Å². The Labute approximate surface area is 177 Å². The van der Waals surface area contributed by atoms with Gasteiger partial charge < -0.3 is 19.7 Å². The van der Waals surface area contributed by atoms with E-state index in [9.17, 15) is 9.59 Å². The lowest BCUT2D eigenvalue weighted by molar-refractivity contribution is -0.126. The van der Waals surface area contributed by atoms with E-state index in [0.29, 0.717) is 31.0 Å². The first-order chi connectivity index (χ1) is 14.6. The molecule has 1 N–H and O–H groups in total. The highest BCUT2D eigenvalue weighted by Gasteiger charge is 2.39. The molecule has 1 saturated carbocycles. The number of hydrogen-bond donors (Lipinski definition) is 1. The van der Waals surface area contributed by atoms with Gasteiger partial charge in [-0.2, -0.15) is 0 Å². The quantitative estimate of drug-likeness (QED) is 0.821. The predicted molar refractivity (Wildman–Crippen MR) is 111 cm³/mol. The van der Waals surface area contributed by atoms with Gasteiger partial charge in [0.05, 0.1) is 13.2 Å². The van der Waals surface area contributed by atoms with E-state index in [2.05, 4.69) is 16.8 Å². The van der Waals surface area contributed by atoms with Crippen molar-refractivity contribution >= 4 is 11.8 Å². The van der Waals surface area contributed by atoms with Crippen LogP contribution in [0.25, 0.3) is 0 Å². The van der Waals surface area contributed by atoms with E-state index in [-0.39, 0.29) is 17.9 Å². The number of allylic oxidation sites excluding steroid dienone is 1. The van der Waals surface area contributed by atoms with E-state index >= 15 is 0 Å². The minimum absolute atomic E-state index is 0.0729. The topological polar surface area (TPSA) is 71.1 Å². The van der Waals surface area contributed by atoms with Gasteiger partial charge >= 0.3 is 0 Å². The molecular weight excluding hydrogens is 382 g/mol. The van der Waals surface area contributed by atoms with E-state index in [1.807, 2.05) is 18.2 Å². The summed E-state index contributed by atoms with van der Waals surface area (Å²) in [6.45, 7) is 7.79. The first-order valence-corrected chi connectivity index (χ1v) is 11.0. The Kier molecular flexibility index (Phi) is 5.25. The molecule has 2 saturated heterocycles. The van der Waals surface area contributed by atoms with Crippen molar-refractivity contribution in [3.8, 4) is 5.75 Å². The molecule has 3 aliphatic heterocycles. The molecule has 0 spiro atoms. The van der Waals surface area contributed by atoms with Crippen molar-refractivity contribution in [2.75, 3.05) is 26.3 Å². The van der Waals surface area contributed by atoms with Gasteiger partial charge in [-0.1, -0.05) is 6.58 Å². The average molecular weight is 412 g/mol. The molecule has 0 radical (unpaired) electrons. The maximum absolute atomic E-state index is 12.9. The number of nitrogens with one attached hydrogen (secondary N) is 1. The molecule has 1 aromatic carbocycles. The summed E-state index contributed by atoms with van der Waals surface area (Å²) in [5.41, 5.74) is 2.34. The van der Waals surface area contributed by atoms with Crippen LogP contribution in [0.4, 0.5) is 0 Å². The summed E-state index contributed by atoms with van der Waals surface area (Å²) in [6.07, 6.45) is 4.88. The zero-order valence-electron chi connectivity index (χ0n) is 17.3. The van der Waals surface area contributed by atoms with Crippen molar-refractivity contribution in [2.24, 2.45) is 0 Å². The maximum Gasteiger partial charge on any atom is 0.255 e. The maximum atomic E-state index is 12.9. The predicted octanol–water partition coefficient (Wildman–Crippen LogP) is 2.07. The van der Waals surface area contributed by atoms with Crippen LogP contribution in [0.15, 0.2) is 30.5 Å². The molecule has 3 atom stereocenters. The van der Waals surface area contributed by atoms with Crippen LogP contribution in [0.5, 0.6) is 5.75 Å². The zero-order valence-corrected chi connectivity index (χ0v) is 17.3. The lowest BCUT2D eigenvalue weighted by Gasteiger charge is -2.35. The van der Waals surface area contributed by atoms with Crippen molar-refractivity contribution in [3.63, 3.8) is 0 Å². The first-order valence-electron chi connectivity index (χ1n) is 11.0. The average Bonchev–Trinajstić information content (AvgIpc) is 3.33. The Bertz CT molecular complexity index is 864. The summed E-state index contributed by atoms with van der Waals surface area (Å²) in [4.78, 5) is 29.4. The molecule has 7 nitrogen and oxygen atoms in total. The van der Waals surface area contributed by atoms with Gasteiger partial charge in [0.1, 0.15) is 17.9 Å². The minimum Gasteiger partial charge on any atom is -0.489 e. The fourth-order valence-electron chi connectivity index (χ4n) is 5.25. The molecule has 2 amide bonds. The van der Waals surface area contributed by atoms with Crippen molar-refractivity contribution in [2.45, 2.75) is 56.8 Å². The summed E-state index contributed by atoms with van der Waals surface area (Å²) in [5.74, 6) is 0.606. The van der Waals surface area contributed by atoms with Crippen molar-refractivity contribution in [3.05, 3.63) is 41.6 Å². The van der Waals surface area contributed by atoms with Gasteiger partial charge in [0.2, 0.25) is 5.91 Å². The molecule has 160 valence electrons. The SMILES string of the molecule is C=C1CCC(N2Cc3cc(O[C@H]4CCC[C@H]4N4CCOCC4)ccc3C2=O)C(=O)N1. The van der Waals surface area contributed by atoms with Gasteiger partial charge in [-0.3, -0.25) is 14.5 Å². The second-order valence-corrected chi connectivity index (χ2v) is 8.70. The normalized spacial score (nSPS) is 29.8. The Morgan fingerprint density at radius 3 is 2.77 bits per heavy atom. The van der Waals surface area contributed by atoms with Crippen LogP contribution < -0.4 is 10.1 Å². The van der Waals surface area contributed by atoms with Crippen LogP contribution in [-0.4, -0.2) is 66.1 Å². The fourth-order valence-corrected chi connectivity index (χ4v) is 5.25. The number of ether oxygens (including phenoxy) is 2. The summed E-state index contributed by atoms with van der Waals surface area (Å²) >= 11 is 0. The zero-order chi connectivity index (χ0) is 20.7. The number of carbonyl (C=O) groups excluding carboxylic acids is 2. The Balaban J connectivity index is 1.28. The molecule has 5 rings (SSSR count). The number of benzene rings is 1. The number of carbonyl (C=O) groups is 2. The third-order valence-corrected chi connectivity index (χ3v) is 6.83. The Morgan fingerprint density at radius 2 is 1.97 bits per heavy atom. The van der Waals surface area contributed by atoms with Crippen molar-refractivity contribution in [1.29, 1.82) is 0 Å². The molecule has 3 fully saturated rings. The van der Waals surface area contributed by atoms with Crippen LogP contribution >= 0.6 is 0 Å². The van der Waals surface area contributed by atoms with E-state index in [1.165, 1.54) is 6.42 Å². The molecule has 1 aliphatic carbocycles. The Hall–Kier alpha value is -2.38. The van der Waals surface area contributed by atoms with Gasteiger partial charge in [0.25, 0.3) is 5.91 Å². The number of amides is 2. The molecular formula is C23H29N3O4. The van der Waals surface area contributed by atoms with Crippen LogP contribution in [0.1, 0.15) is 48.0 Å². The van der Waals surface area contributed by atoms with Crippen LogP contribution in [0.2, 0.25) is 0 Å². The molecule has 4 aliphatic rings. The van der Waals surface area contributed by atoms with E-state index < -0.39 is 6.04 Å². The largest absolute Gasteiger partial charge is 0.489 e. The first kappa shape index (κ1) is 19.6. The highest BCUT2D eigenvalue weighted by molar-refractivity contribution is 6.01. The smallest absolute Gasteiger partial charge is 0.255 e. The van der Waals surface area contributed by atoms with Crippen LogP contribution in [0, 0.1) is 0 Å². The molecule has 1 aromatic rings. The lowest BCUT2D eigenvalue weighted by Crippen LogP contribution is -2.49. The summed E-state index contributed by atoms with van der Waals surface area (Å²) in [5, 5.41) is 2.78. The third kappa shape index (κ3) is 3.61.